The molecule has 0 saturated heterocycles. The molecule has 2 rings (SSSR count). The van der Waals surface area contributed by atoms with Gasteiger partial charge in [-0.25, -0.2) is 5.48 Å². The van der Waals surface area contributed by atoms with Gasteiger partial charge in [0.25, 0.3) is 11.8 Å². The molecule has 0 aliphatic rings. The van der Waals surface area contributed by atoms with Crippen molar-refractivity contribution in [3.05, 3.63) is 54.4 Å². The van der Waals surface area contributed by atoms with Crippen LogP contribution in [0.5, 0.6) is 0 Å². The second-order valence-corrected chi connectivity index (χ2v) is 5.10. The summed E-state index contributed by atoms with van der Waals surface area (Å²) in [7, 11) is 0. The minimum absolute atomic E-state index is 0.388. The molecule has 0 fully saturated rings. The summed E-state index contributed by atoms with van der Waals surface area (Å²) in [6.07, 6.45) is 3.38. The fourth-order valence-corrected chi connectivity index (χ4v) is 2.09. The third-order valence-electron chi connectivity index (χ3n) is 3.37. The molecule has 2 atom stereocenters. The molecule has 1 heterocycles. The molecule has 1 aromatic carbocycles. The van der Waals surface area contributed by atoms with E-state index < -0.39 is 23.9 Å². The fraction of sp³-hybridized carbons (Fsp3) is 0.188. The van der Waals surface area contributed by atoms with E-state index >= 15 is 0 Å². The van der Waals surface area contributed by atoms with Crippen LogP contribution in [0.4, 0.5) is 0 Å². The van der Waals surface area contributed by atoms with Crippen LogP contribution < -0.4 is 16.5 Å². The number of amides is 2. The van der Waals surface area contributed by atoms with Crippen LogP contribution in [-0.2, 0) is 4.79 Å². The first kappa shape index (κ1) is 16.6. The van der Waals surface area contributed by atoms with Crippen molar-refractivity contribution in [1.82, 2.24) is 15.8 Å². The number of nitrogens with one attached hydrogen (secondary N) is 2. The molecule has 1 aromatic heterocycles. The van der Waals surface area contributed by atoms with Crippen LogP contribution in [0.2, 0.25) is 0 Å². The molecule has 0 radical (unpaired) electrons. The zero-order valence-electron chi connectivity index (χ0n) is 12.6. The Labute approximate surface area is 133 Å². The Balaban J connectivity index is 2.12. The highest BCUT2D eigenvalue weighted by molar-refractivity contribution is 5.98. The highest BCUT2D eigenvalue weighted by Gasteiger charge is 2.24. The molecule has 7 nitrogen and oxygen atoms in total. The van der Waals surface area contributed by atoms with Gasteiger partial charge in [-0.05, 0) is 42.3 Å². The van der Waals surface area contributed by atoms with E-state index in [-0.39, 0.29) is 0 Å². The van der Waals surface area contributed by atoms with Gasteiger partial charge in [0.15, 0.2) is 0 Å². The second-order valence-electron chi connectivity index (χ2n) is 5.10. The minimum atomic E-state index is -1.02. The Kier molecular flexibility index (Phi) is 5.40. The van der Waals surface area contributed by atoms with Gasteiger partial charge >= 0.3 is 0 Å². The van der Waals surface area contributed by atoms with E-state index in [0.717, 1.165) is 11.1 Å². The smallest absolute Gasteiger partial charge is 0.267 e. The van der Waals surface area contributed by atoms with Gasteiger partial charge in [0, 0.05) is 24.0 Å². The predicted octanol–water partition coefficient (Wildman–Crippen LogP) is 0.700. The van der Waals surface area contributed by atoms with Gasteiger partial charge in [0.05, 0.1) is 0 Å². The maximum absolute atomic E-state index is 12.2. The molecule has 0 spiro atoms. The van der Waals surface area contributed by atoms with Crippen LogP contribution in [0, 0.1) is 0 Å². The topological polar surface area (TPSA) is 117 Å². The normalized spacial score (nSPS) is 13.0. The van der Waals surface area contributed by atoms with Crippen LogP contribution >= 0.6 is 0 Å². The number of nitrogens with two attached hydrogens (primary N) is 1. The zero-order chi connectivity index (χ0) is 16.8. The number of rotatable bonds is 5. The number of hydroxylamine groups is 1. The lowest BCUT2D eigenvalue weighted by Crippen LogP contribution is -2.54. The molecule has 5 N–H and O–H groups in total. The molecule has 7 heteroatoms. The quantitative estimate of drug-likeness (QED) is 0.479. The summed E-state index contributed by atoms with van der Waals surface area (Å²) in [5, 5.41) is 11.2. The van der Waals surface area contributed by atoms with E-state index in [0.29, 0.717) is 5.56 Å². The van der Waals surface area contributed by atoms with Gasteiger partial charge in [0.2, 0.25) is 0 Å². The van der Waals surface area contributed by atoms with Gasteiger partial charge in [-0.2, -0.15) is 0 Å². The van der Waals surface area contributed by atoms with Gasteiger partial charge in [-0.15, -0.1) is 0 Å². The van der Waals surface area contributed by atoms with Crippen molar-refractivity contribution >= 4 is 11.8 Å². The molecule has 2 aromatic rings. The summed E-state index contributed by atoms with van der Waals surface area (Å²) in [5.74, 6) is -1.21. The van der Waals surface area contributed by atoms with Crippen LogP contribution in [0.15, 0.2) is 48.8 Å². The SMILES string of the molecule is C[C@@H](N)[C@H](NC(=O)c1ccc(-c2ccncc2)cc1)C(=O)NO. The van der Waals surface area contributed by atoms with E-state index in [1.54, 1.807) is 43.6 Å². The standard InChI is InChI=1S/C16H18N4O3/c1-10(17)14(16(22)20-23)19-15(21)13-4-2-11(3-5-13)12-6-8-18-9-7-12/h2-10,14,23H,17H2,1H3,(H,19,21)(H,20,22)/t10-,14+/m1/s1. The fourth-order valence-electron chi connectivity index (χ4n) is 2.09. The van der Waals surface area contributed by atoms with Crippen molar-refractivity contribution in [2.45, 2.75) is 19.0 Å². The Morgan fingerprint density at radius 3 is 2.17 bits per heavy atom. The Bertz CT molecular complexity index is 671. The Morgan fingerprint density at radius 2 is 1.65 bits per heavy atom. The number of nitrogens with zero attached hydrogens (tertiary/aromatic N) is 1. The molecule has 0 bridgehead atoms. The van der Waals surface area contributed by atoms with Gasteiger partial charge in [0.1, 0.15) is 6.04 Å². The van der Waals surface area contributed by atoms with Crippen molar-refractivity contribution in [1.29, 1.82) is 0 Å². The number of aromatic nitrogens is 1. The lowest BCUT2D eigenvalue weighted by Gasteiger charge is -2.20. The highest BCUT2D eigenvalue weighted by Crippen LogP contribution is 2.18. The van der Waals surface area contributed by atoms with Crippen LogP contribution in [0.3, 0.4) is 0 Å². The molecule has 0 saturated carbocycles. The third kappa shape index (κ3) is 4.12. The van der Waals surface area contributed by atoms with Gasteiger partial charge < -0.3 is 11.1 Å². The van der Waals surface area contributed by atoms with Crippen LogP contribution in [-0.4, -0.2) is 34.1 Å². The second kappa shape index (κ2) is 7.48. The molecule has 120 valence electrons. The maximum Gasteiger partial charge on any atom is 0.267 e. The Morgan fingerprint density at radius 1 is 1.09 bits per heavy atom. The minimum Gasteiger partial charge on any atom is -0.339 e. The van der Waals surface area contributed by atoms with E-state index in [1.165, 1.54) is 5.48 Å². The molecular formula is C16H18N4O3. The molecule has 2 amide bonds. The first-order valence-corrected chi connectivity index (χ1v) is 7.04. The monoisotopic (exact) mass is 314 g/mol. The number of hydrogen-bond donors (Lipinski definition) is 4. The summed E-state index contributed by atoms with van der Waals surface area (Å²) >= 11 is 0. The largest absolute Gasteiger partial charge is 0.339 e. The molecular weight excluding hydrogens is 296 g/mol. The number of carbonyl (C=O) groups excluding carboxylic acids is 2. The maximum atomic E-state index is 12.2. The Hall–Kier alpha value is -2.77. The molecule has 0 aliphatic heterocycles. The van der Waals surface area contributed by atoms with Crippen LogP contribution in [0.25, 0.3) is 11.1 Å². The number of benzene rings is 1. The summed E-state index contributed by atoms with van der Waals surface area (Å²) in [4.78, 5) is 27.6. The van der Waals surface area contributed by atoms with Crippen molar-refractivity contribution in [3.8, 4) is 11.1 Å². The van der Waals surface area contributed by atoms with E-state index in [4.69, 9.17) is 10.9 Å². The van der Waals surface area contributed by atoms with E-state index in [2.05, 4.69) is 10.3 Å². The van der Waals surface area contributed by atoms with Gasteiger partial charge in [-0.1, -0.05) is 12.1 Å². The zero-order valence-corrected chi connectivity index (χ0v) is 12.6. The number of carbonyl (C=O) groups is 2. The summed E-state index contributed by atoms with van der Waals surface area (Å²) in [5.41, 5.74) is 9.46. The summed E-state index contributed by atoms with van der Waals surface area (Å²) in [6, 6.07) is 8.98. The van der Waals surface area contributed by atoms with E-state index in [1.807, 2.05) is 12.1 Å². The summed E-state index contributed by atoms with van der Waals surface area (Å²) < 4.78 is 0. The summed E-state index contributed by atoms with van der Waals surface area (Å²) in [6.45, 7) is 1.56. The third-order valence-corrected chi connectivity index (χ3v) is 3.37. The van der Waals surface area contributed by atoms with Crippen molar-refractivity contribution < 1.29 is 14.8 Å². The average Bonchev–Trinajstić information content (AvgIpc) is 2.59. The lowest BCUT2D eigenvalue weighted by atomic mass is 10.0. The first-order valence-electron chi connectivity index (χ1n) is 7.04. The number of hydrogen-bond acceptors (Lipinski definition) is 5. The lowest BCUT2D eigenvalue weighted by molar-refractivity contribution is -0.131. The van der Waals surface area contributed by atoms with Crippen molar-refractivity contribution in [2.75, 3.05) is 0 Å². The first-order chi connectivity index (χ1) is 11.0. The van der Waals surface area contributed by atoms with Crippen molar-refractivity contribution in [3.63, 3.8) is 0 Å². The van der Waals surface area contributed by atoms with E-state index in [9.17, 15) is 9.59 Å². The average molecular weight is 314 g/mol. The van der Waals surface area contributed by atoms with Gasteiger partial charge in [-0.3, -0.25) is 19.8 Å². The molecule has 23 heavy (non-hydrogen) atoms. The highest BCUT2D eigenvalue weighted by atomic mass is 16.5. The molecule has 0 unspecified atom stereocenters. The molecule has 0 aliphatic carbocycles. The van der Waals surface area contributed by atoms with Crippen LogP contribution in [0.1, 0.15) is 17.3 Å². The predicted molar refractivity (Wildman–Crippen MR) is 84.5 cm³/mol. The van der Waals surface area contributed by atoms with Crippen molar-refractivity contribution in [2.24, 2.45) is 5.73 Å². The number of pyridine rings is 1.